The molecule has 1 aromatic rings. The van der Waals surface area contributed by atoms with E-state index in [1.54, 1.807) is 6.20 Å². The maximum absolute atomic E-state index is 9.81. The van der Waals surface area contributed by atoms with Crippen molar-refractivity contribution in [1.82, 2.24) is 14.1 Å². The van der Waals surface area contributed by atoms with Crippen LogP contribution in [-0.4, -0.2) is 39.2 Å². The smallest absolute Gasteiger partial charge is 0.245 e. The highest BCUT2D eigenvalue weighted by Gasteiger charge is 2.30. The van der Waals surface area contributed by atoms with E-state index in [0.717, 1.165) is 11.7 Å². The minimum atomic E-state index is -0.504. The molecule has 102 valence electrons. The van der Waals surface area contributed by atoms with Crippen molar-refractivity contribution >= 4 is 11.7 Å². The fourth-order valence-corrected chi connectivity index (χ4v) is 2.74. The molecule has 6 heteroatoms. The van der Waals surface area contributed by atoms with Gasteiger partial charge in [-0.25, -0.2) is 0 Å². The number of hydrogen-bond acceptors (Lipinski definition) is 6. The van der Waals surface area contributed by atoms with Crippen LogP contribution in [0.25, 0.3) is 0 Å². The second-order valence-corrected chi connectivity index (χ2v) is 6.28. The Labute approximate surface area is 112 Å². The largest absolute Gasteiger partial charge is 0.473 e. The number of rotatable bonds is 6. The molecule has 2 rings (SSSR count). The average Bonchev–Trinajstić information content (AvgIpc) is 2.93. The Morgan fingerprint density at radius 2 is 2.50 bits per heavy atom. The van der Waals surface area contributed by atoms with E-state index in [1.165, 1.54) is 19.3 Å². The number of hydrogen-bond donors (Lipinski definition) is 2. The van der Waals surface area contributed by atoms with Gasteiger partial charge in [-0.2, -0.15) is 4.37 Å². The Hall–Kier alpha value is -0.720. The van der Waals surface area contributed by atoms with Crippen molar-refractivity contribution in [2.75, 3.05) is 13.2 Å². The number of nitrogens with one attached hydrogen (secondary N) is 1. The van der Waals surface area contributed by atoms with E-state index in [-0.39, 0.29) is 6.61 Å². The van der Waals surface area contributed by atoms with Gasteiger partial charge >= 0.3 is 0 Å². The number of aromatic nitrogens is 2. The Morgan fingerprint density at radius 1 is 1.67 bits per heavy atom. The van der Waals surface area contributed by atoms with Gasteiger partial charge in [0.15, 0.2) is 0 Å². The predicted molar refractivity (Wildman–Crippen MR) is 70.8 cm³/mol. The molecule has 0 spiro atoms. The number of aliphatic hydroxyl groups is 1. The highest BCUT2D eigenvalue weighted by Crippen LogP contribution is 2.36. The van der Waals surface area contributed by atoms with Crippen LogP contribution in [0.3, 0.4) is 0 Å². The van der Waals surface area contributed by atoms with Gasteiger partial charge in [0.1, 0.15) is 18.9 Å². The van der Waals surface area contributed by atoms with E-state index in [0.29, 0.717) is 23.9 Å². The lowest BCUT2D eigenvalue weighted by atomic mass is 9.92. The summed E-state index contributed by atoms with van der Waals surface area (Å²) in [7, 11) is 0. The monoisotopic (exact) mass is 271 g/mol. The molecule has 1 aromatic heterocycles. The first-order valence-corrected chi connectivity index (χ1v) is 7.10. The third-order valence-electron chi connectivity index (χ3n) is 3.38. The minimum Gasteiger partial charge on any atom is -0.473 e. The summed E-state index contributed by atoms with van der Waals surface area (Å²) >= 11 is 1.10. The first-order valence-electron chi connectivity index (χ1n) is 6.37. The van der Waals surface area contributed by atoms with E-state index in [1.807, 2.05) is 0 Å². The number of nitrogens with zero attached hydrogens (tertiary/aromatic N) is 2. The summed E-state index contributed by atoms with van der Waals surface area (Å²) in [6.45, 7) is 5.42. The van der Waals surface area contributed by atoms with Gasteiger partial charge in [-0.15, -0.1) is 4.37 Å². The van der Waals surface area contributed by atoms with Crippen molar-refractivity contribution < 1.29 is 9.84 Å². The molecular formula is C12H21N3O2S. The topological polar surface area (TPSA) is 67.3 Å². The van der Waals surface area contributed by atoms with Gasteiger partial charge in [-0.1, -0.05) is 13.8 Å². The second-order valence-electron chi connectivity index (χ2n) is 5.72. The summed E-state index contributed by atoms with van der Waals surface area (Å²) in [5.74, 6) is 0.487. The molecule has 0 saturated heterocycles. The second kappa shape index (κ2) is 5.95. The standard InChI is InChI=1S/C12H21N3O2S/c1-12(2)4-3-9(5-12)13-6-10(16)8-17-11-7-14-18-15-11/h7,9-10,13,16H,3-6,8H2,1-2H3. The molecule has 1 aliphatic carbocycles. The molecule has 0 radical (unpaired) electrons. The molecule has 5 nitrogen and oxygen atoms in total. The third kappa shape index (κ3) is 4.19. The number of ether oxygens (including phenoxy) is 1. The fourth-order valence-electron chi connectivity index (χ4n) is 2.37. The molecule has 1 fully saturated rings. The zero-order chi connectivity index (χ0) is 13.0. The molecule has 2 N–H and O–H groups in total. The summed E-state index contributed by atoms with van der Waals surface area (Å²) < 4.78 is 13.1. The minimum absolute atomic E-state index is 0.258. The number of aliphatic hydroxyl groups excluding tert-OH is 1. The summed E-state index contributed by atoms with van der Waals surface area (Å²) in [5, 5.41) is 13.2. The lowest BCUT2D eigenvalue weighted by Gasteiger charge is -2.19. The zero-order valence-electron chi connectivity index (χ0n) is 10.9. The lowest BCUT2D eigenvalue weighted by Crippen LogP contribution is -2.37. The molecule has 0 aliphatic heterocycles. The summed E-state index contributed by atoms with van der Waals surface area (Å²) in [4.78, 5) is 0. The highest BCUT2D eigenvalue weighted by molar-refractivity contribution is 6.99. The Kier molecular flexibility index (Phi) is 4.53. The van der Waals surface area contributed by atoms with Gasteiger partial charge in [-0.05, 0) is 24.7 Å². The molecule has 1 saturated carbocycles. The van der Waals surface area contributed by atoms with Crippen molar-refractivity contribution in [3.63, 3.8) is 0 Å². The first-order chi connectivity index (χ1) is 8.55. The van der Waals surface area contributed by atoms with Crippen LogP contribution in [0.1, 0.15) is 33.1 Å². The molecule has 1 aliphatic rings. The molecule has 2 atom stereocenters. The van der Waals surface area contributed by atoms with Crippen LogP contribution in [0.4, 0.5) is 0 Å². The van der Waals surface area contributed by atoms with Crippen molar-refractivity contribution in [2.45, 2.75) is 45.3 Å². The van der Waals surface area contributed by atoms with Gasteiger partial charge in [0.2, 0.25) is 5.88 Å². The SMILES string of the molecule is CC1(C)CCC(NCC(O)COc2cnsn2)C1. The van der Waals surface area contributed by atoms with Crippen LogP contribution < -0.4 is 10.1 Å². The van der Waals surface area contributed by atoms with Gasteiger partial charge in [0.05, 0.1) is 11.7 Å². The predicted octanol–water partition coefficient (Wildman–Crippen LogP) is 1.45. The van der Waals surface area contributed by atoms with Crippen molar-refractivity contribution in [3.8, 4) is 5.88 Å². The molecule has 1 heterocycles. The van der Waals surface area contributed by atoms with Crippen LogP contribution in [0.5, 0.6) is 5.88 Å². The summed E-state index contributed by atoms with van der Waals surface area (Å²) in [6.07, 6.45) is 4.68. The molecule has 2 unspecified atom stereocenters. The van der Waals surface area contributed by atoms with E-state index < -0.39 is 6.10 Å². The van der Waals surface area contributed by atoms with Crippen molar-refractivity contribution in [1.29, 1.82) is 0 Å². The van der Waals surface area contributed by atoms with E-state index >= 15 is 0 Å². The normalized spacial score (nSPS) is 24.1. The first kappa shape index (κ1) is 13.7. The van der Waals surface area contributed by atoms with Gasteiger partial charge in [0, 0.05) is 12.6 Å². The van der Waals surface area contributed by atoms with Gasteiger partial charge < -0.3 is 15.2 Å². The van der Waals surface area contributed by atoms with Gasteiger partial charge in [0.25, 0.3) is 0 Å². The molecular weight excluding hydrogens is 250 g/mol. The lowest BCUT2D eigenvalue weighted by molar-refractivity contribution is 0.101. The average molecular weight is 271 g/mol. The van der Waals surface area contributed by atoms with Gasteiger partial charge in [-0.3, -0.25) is 0 Å². The van der Waals surface area contributed by atoms with Crippen molar-refractivity contribution in [2.24, 2.45) is 5.41 Å². The van der Waals surface area contributed by atoms with E-state index in [4.69, 9.17) is 4.74 Å². The van der Waals surface area contributed by atoms with Crippen LogP contribution in [0.2, 0.25) is 0 Å². The van der Waals surface area contributed by atoms with E-state index in [9.17, 15) is 5.11 Å². The van der Waals surface area contributed by atoms with Crippen LogP contribution in [0, 0.1) is 5.41 Å². The van der Waals surface area contributed by atoms with Crippen molar-refractivity contribution in [3.05, 3.63) is 6.20 Å². The molecule has 0 aromatic carbocycles. The van der Waals surface area contributed by atoms with Crippen LogP contribution in [0.15, 0.2) is 6.20 Å². The maximum Gasteiger partial charge on any atom is 0.245 e. The Balaban J connectivity index is 1.62. The van der Waals surface area contributed by atoms with Crippen LogP contribution >= 0.6 is 11.7 Å². The Bertz CT molecular complexity index is 356. The molecule has 18 heavy (non-hydrogen) atoms. The maximum atomic E-state index is 9.81. The van der Waals surface area contributed by atoms with Crippen LogP contribution in [-0.2, 0) is 0 Å². The quantitative estimate of drug-likeness (QED) is 0.819. The molecule has 0 bridgehead atoms. The Morgan fingerprint density at radius 3 is 3.11 bits per heavy atom. The summed E-state index contributed by atoms with van der Waals surface area (Å²) in [5.41, 5.74) is 0.436. The molecule has 0 amide bonds. The summed E-state index contributed by atoms with van der Waals surface area (Å²) in [6, 6.07) is 0.524. The fraction of sp³-hybridized carbons (Fsp3) is 0.833. The third-order valence-corrected chi connectivity index (χ3v) is 3.84. The zero-order valence-corrected chi connectivity index (χ0v) is 11.7. The highest BCUT2D eigenvalue weighted by atomic mass is 32.1. The van der Waals surface area contributed by atoms with E-state index in [2.05, 4.69) is 27.9 Å².